The van der Waals surface area contributed by atoms with Gasteiger partial charge in [-0.3, -0.25) is 9.59 Å². The lowest BCUT2D eigenvalue weighted by Crippen LogP contribution is -2.18. The summed E-state index contributed by atoms with van der Waals surface area (Å²) in [6, 6.07) is 4.90. The quantitative estimate of drug-likeness (QED) is 0.421. The molecular formula is C17H20N2O6. The summed E-state index contributed by atoms with van der Waals surface area (Å²) in [4.78, 5) is 23.7. The van der Waals surface area contributed by atoms with Crippen LogP contribution in [-0.2, 0) is 20.7 Å². The molecule has 0 saturated heterocycles. The van der Waals surface area contributed by atoms with Crippen molar-refractivity contribution in [3.05, 3.63) is 29.0 Å². The number of carbonyl (C=O) groups excluding carboxylic acids is 2. The molecule has 1 aromatic rings. The predicted molar refractivity (Wildman–Crippen MR) is 88.3 cm³/mol. The average molecular weight is 348 g/mol. The van der Waals surface area contributed by atoms with Gasteiger partial charge in [0.15, 0.2) is 18.1 Å². The molecule has 25 heavy (non-hydrogen) atoms. The van der Waals surface area contributed by atoms with Crippen molar-refractivity contribution in [2.45, 2.75) is 13.3 Å². The normalized spacial score (nSPS) is 11.0. The van der Waals surface area contributed by atoms with E-state index in [1.54, 1.807) is 18.2 Å². The maximum atomic E-state index is 11.9. The van der Waals surface area contributed by atoms with Crippen molar-refractivity contribution >= 4 is 11.8 Å². The second kappa shape index (κ2) is 9.17. The third kappa shape index (κ3) is 5.14. The van der Waals surface area contributed by atoms with Gasteiger partial charge in [0.1, 0.15) is 11.6 Å². The SMILES string of the molecule is COc1cc(CC(=O)OCC(=O)C(C#N)=C(C)N)cc(OC)c1OC. The number of ether oxygens (including phenoxy) is 4. The molecule has 0 radical (unpaired) electrons. The first-order chi connectivity index (χ1) is 11.9. The molecule has 0 aliphatic rings. The van der Waals surface area contributed by atoms with Crippen LogP contribution in [-0.4, -0.2) is 39.7 Å². The van der Waals surface area contributed by atoms with E-state index in [-0.39, 0.29) is 17.7 Å². The van der Waals surface area contributed by atoms with Gasteiger partial charge in [-0.15, -0.1) is 0 Å². The molecule has 134 valence electrons. The van der Waals surface area contributed by atoms with Gasteiger partial charge in [-0.1, -0.05) is 0 Å². The molecule has 0 amide bonds. The fourth-order valence-electron chi connectivity index (χ4n) is 2.04. The van der Waals surface area contributed by atoms with Crippen LogP contribution in [0.4, 0.5) is 0 Å². The first kappa shape index (κ1) is 19.8. The second-order valence-electron chi connectivity index (χ2n) is 4.96. The molecule has 8 nitrogen and oxygen atoms in total. The third-order valence-corrected chi connectivity index (χ3v) is 3.22. The second-order valence-corrected chi connectivity index (χ2v) is 4.96. The van der Waals surface area contributed by atoms with Crippen molar-refractivity contribution in [1.82, 2.24) is 0 Å². The largest absolute Gasteiger partial charge is 0.493 e. The lowest BCUT2D eigenvalue weighted by Gasteiger charge is -2.14. The number of nitrogens with zero attached hydrogens (tertiary/aromatic N) is 1. The van der Waals surface area contributed by atoms with E-state index in [2.05, 4.69) is 0 Å². The van der Waals surface area contributed by atoms with E-state index < -0.39 is 18.4 Å². The number of esters is 1. The number of hydrogen-bond donors (Lipinski definition) is 1. The van der Waals surface area contributed by atoms with E-state index in [1.807, 2.05) is 0 Å². The molecule has 0 unspecified atom stereocenters. The van der Waals surface area contributed by atoms with Gasteiger partial charge in [0.05, 0.1) is 27.8 Å². The Morgan fingerprint density at radius 2 is 1.68 bits per heavy atom. The highest BCUT2D eigenvalue weighted by Crippen LogP contribution is 2.38. The van der Waals surface area contributed by atoms with Crippen LogP contribution in [0.15, 0.2) is 23.4 Å². The molecule has 0 spiro atoms. The van der Waals surface area contributed by atoms with Crippen LogP contribution >= 0.6 is 0 Å². The molecule has 0 bridgehead atoms. The van der Waals surface area contributed by atoms with Crippen molar-refractivity contribution < 1.29 is 28.5 Å². The maximum absolute atomic E-state index is 11.9. The lowest BCUT2D eigenvalue weighted by molar-refractivity contribution is -0.146. The molecule has 0 aliphatic carbocycles. The number of Topliss-reactive ketones (excluding diaryl/α,β-unsaturated/α-hetero) is 1. The molecule has 2 N–H and O–H groups in total. The minimum atomic E-state index is -0.652. The number of methoxy groups -OCH3 is 3. The van der Waals surface area contributed by atoms with E-state index >= 15 is 0 Å². The van der Waals surface area contributed by atoms with Gasteiger partial charge < -0.3 is 24.7 Å². The van der Waals surface area contributed by atoms with Crippen molar-refractivity contribution in [1.29, 1.82) is 5.26 Å². The Bertz CT molecular complexity index is 704. The summed E-state index contributed by atoms with van der Waals surface area (Å²) in [6.07, 6.45) is -0.114. The lowest BCUT2D eigenvalue weighted by atomic mass is 10.1. The van der Waals surface area contributed by atoms with Crippen molar-refractivity contribution in [2.24, 2.45) is 5.73 Å². The first-order valence-electron chi connectivity index (χ1n) is 7.22. The standard InChI is InChI=1S/C17H20N2O6/c1-10(19)12(8-18)13(20)9-25-16(21)7-11-5-14(22-2)17(24-4)15(6-11)23-3/h5-6H,7,9,19H2,1-4H3. The van der Waals surface area contributed by atoms with Crippen molar-refractivity contribution in [2.75, 3.05) is 27.9 Å². The zero-order valence-corrected chi connectivity index (χ0v) is 14.5. The number of allylic oxidation sites excluding steroid dienone is 1. The molecule has 0 heterocycles. The van der Waals surface area contributed by atoms with Crippen LogP contribution in [0.3, 0.4) is 0 Å². The molecule has 0 atom stereocenters. The number of hydrogen-bond acceptors (Lipinski definition) is 8. The number of ketones is 1. The molecule has 1 aromatic carbocycles. The minimum Gasteiger partial charge on any atom is -0.493 e. The van der Waals surface area contributed by atoms with Crippen molar-refractivity contribution in [3.63, 3.8) is 0 Å². The Balaban J connectivity index is 2.83. The zero-order chi connectivity index (χ0) is 19.0. The number of carbonyl (C=O) groups is 2. The minimum absolute atomic E-state index is 0.0770. The molecular weight excluding hydrogens is 328 g/mol. The zero-order valence-electron chi connectivity index (χ0n) is 14.5. The molecule has 0 saturated carbocycles. The Morgan fingerprint density at radius 3 is 2.08 bits per heavy atom. The van der Waals surface area contributed by atoms with Gasteiger partial charge in [-0.05, 0) is 24.6 Å². The van der Waals surface area contributed by atoms with Gasteiger partial charge in [0.25, 0.3) is 0 Å². The average Bonchev–Trinajstić information content (AvgIpc) is 2.59. The van der Waals surface area contributed by atoms with Crippen LogP contribution in [0.1, 0.15) is 12.5 Å². The predicted octanol–water partition coefficient (Wildman–Crippen LogP) is 1.12. The topological polar surface area (TPSA) is 121 Å². The van der Waals surface area contributed by atoms with E-state index in [4.69, 9.17) is 29.9 Å². The number of nitrogens with two attached hydrogens (primary N) is 1. The summed E-state index contributed by atoms with van der Waals surface area (Å²) in [7, 11) is 4.39. The van der Waals surface area contributed by atoms with Gasteiger partial charge in [-0.2, -0.15) is 5.26 Å². The highest BCUT2D eigenvalue weighted by Gasteiger charge is 2.17. The van der Waals surface area contributed by atoms with Crippen LogP contribution in [0.5, 0.6) is 17.2 Å². The summed E-state index contributed by atoms with van der Waals surface area (Å²) in [5.41, 5.74) is 5.83. The van der Waals surface area contributed by atoms with E-state index in [0.717, 1.165) is 0 Å². The monoisotopic (exact) mass is 348 g/mol. The van der Waals surface area contributed by atoms with E-state index in [1.165, 1.54) is 28.3 Å². The molecule has 0 aromatic heterocycles. The van der Waals surface area contributed by atoms with Crippen LogP contribution < -0.4 is 19.9 Å². The van der Waals surface area contributed by atoms with Gasteiger partial charge >= 0.3 is 5.97 Å². The highest BCUT2D eigenvalue weighted by molar-refractivity contribution is 6.01. The smallest absolute Gasteiger partial charge is 0.310 e. The Hall–Kier alpha value is -3.21. The summed E-state index contributed by atoms with van der Waals surface area (Å²) in [5, 5.41) is 8.84. The maximum Gasteiger partial charge on any atom is 0.310 e. The number of benzene rings is 1. The van der Waals surface area contributed by atoms with Crippen molar-refractivity contribution in [3.8, 4) is 23.3 Å². The summed E-state index contributed by atoms with van der Waals surface area (Å²) in [5.74, 6) is -0.0989. The summed E-state index contributed by atoms with van der Waals surface area (Å²) < 4.78 is 20.5. The fourth-order valence-corrected chi connectivity index (χ4v) is 2.04. The van der Waals surface area contributed by atoms with Gasteiger partial charge in [0, 0.05) is 5.70 Å². The summed E-state index contributed by atoms with van der Waals surface area (Å²) in [6.45, 7) is 0.870. The third-order valence-electron chi connectivity index (χ3n) is 3.22. The summed E-state index contributed by atoms with van der Waals surface area (Å²) >= 11 is 0. The molecule has 0 aliphatic heterocycles. The molecule has 1 rings (SSSR count). The Kier molecular flexibility index (Phi) is 7.28. The number of rotatable bonds is 8. The van der Waals surface area contributed by atoms with E-state index in [0.29, 0.717) is 22.8 Å². The Labute approximate surface area is 145 Å². The first-order valence-corrected chi connectivity index (χ1v) is 7.22. The molecule has 0 fully saturated rings. The van der Waals surface area contributed by atoms with Crippen LogP contribution in [0.25, 0.3) is 0 Å². The molecule has 8 heteroatoms. The number of nitriles is 1. The van der Waals surface area contributed by atoms with Crippen LogP contribution in [0.2, 0.25) is 0 Å². The van der Waals surface area contributed by atoms with Crippen LogP contribution in [0, 0.1) is 11.3 Å². The highest BCUT2D eigenvalue weighted by atomic mass is 16.5. The van der Waals surface area contributed by atoms with Gasteiger partial charge in [0.2, 0.25) is 11.5 Å². The fraction of sp³-hybridized carbons (Fsp3) is 0.353. The Morgan fingerprint density at radius 1 is 1.12 bits per heavy atom. The van der Waals surface area contributed by atoms with E-state index in [9.17, 15) is 9.59 Å². The van der Waals surface area contributed by atoms with Gasteiger partial charge in [-0.25, -0.2) is 0 Å².